The zero-order valence-electron chi connectivity index (χ0n) is 13.4. The van der Waals surface area contributed by atoms with Gasteiger partial charge in [0.1, 0.15) is 5.82 Å². The minimum Gasteiger partial charge on any atom is -0.504 e. The van der Waals surface area contributed by atoms with Crippen LogP contribution in [0.2, 0.25) is 0 Å². The Morgan fingerprint density at radius 2 is 2.25 bits per heavy atom. The Morgan fingerprint density at radius 1 is 1.46 bits per heavy atom. The molecule has 2 heterocycles. The van der Waals surface area contributed by atoms with Gasteiger partial charge in [-0.2, -0.15) is 5.10 Å². The number of halogens is 1. The molecule has 0 aliphatic carbocycles. The molecule has 0 bridgehead atoms. The first-order valence-corrected chi connectivity index (χ1v) is 7.95. The van der Waals surface area contributed by atoms with E-state index in [9.17, 15) is 19.4 Å². The molecule has 3 rings (SSSR count). The number of rotatable bonds is 3. The summed E-state index contributed by atoms with van der Waals surface area (Å²) in [6.07, 6.45) is 3.05. The summed E-state index contributed by atoms with van der Waals surface area (Å²) in [5.74, 6) is -0.863. The Labute approximate surface area is 139 Å². The fourth-order valence-electron chi connectivity index (χ4n) is 3.06. The van der Waals surface area contributed by atoms with E-state index in [-0.39, 0.29) is 35.7 Å². The van der Waals surface area contributed by atoms with Crippen LogP contribution in [-0.2, 0) is 0 Å². The number of hydrogen-bond acceptors (Lipinski definition) is 4. The molecular weight excluding hydrogens is 313 g/mol. The van der Waals surface area contributed by atoms with Gasteiger partial charge in [-0.15, -0.1) is 0 Å². The lowest BCUT2D eigenvalue weighted by Gasteiger charge is -2.31. The quantitative estimate of drug-likeness (QED) is 0.899. The molecule has 0 saturated carbocycles. The van der Waals surface area contributed by atoms with Gasteiger partial charge in [0.25, 0.3) is 5.91 Å². The smallest absolute Gasteiger partial charge is 0.278 e. The summed E-state index contributed by atoms with van der Waals surface area (Å²) in [6, 6.07) is 4.22. The molecule has 0 radical (unpaired) electrons. The molecular formula is C17H20FN3O3. The molecule has 6 nitrogen and oxygen atoms in total. The van der Waals surface area contributed by atoms with Crippen molar-refractivity contribution >= 4 is 5.91 Å². The van der Waals surface area contributed by atoms with E-state index < -0.39 is 0 Å². The lowest BCUT2D eigenvalue weighted by atomic mass is 9.99. The Bertz CT molecular complexity index is 760. The number of hydrogen-bond donors (Lipinski definition) is 2. The number of nitrogens with zero attached hydrogens (tertiary/aromatic N) is 3. The van der Waals surface area contributed by atoms with E-state index in [1.54, 1.807) is 17.9 Å². The molecule has 7 heteroatoms. The molecule has 1 fully saturated rings. The minimum absolute atomic E-state index is 0.0303. The Hall–Kier alpha value is -2.41. The number of aliphatic hydroxyl groups is 1. The largest absolute Gasteiger partial charge is 0.504 e. The number of benzene rings is 1. The van der Waals surface area contributed by atoms with E-state index in [0.29, 0.717) is 24.3 Å². The number of piperidine rings is 1. The summed E-state index contributed by atoms with van der Waals surface area (Å²) >= 11 is 0. The molecule has 24 heavy (non-hydrogen) atoms. The molecule has 1 aliphatic rings. The number of carbonyl (C=O) groups excluding carboxylic acids is 1. The fourth-order valence-corrected chi connectivity index (χ4v) is 3.06. The summed E-state index contributed by atoms with van der Waals surface area (Å²) in [4.78, 5) is 14.2. The zero-order chi connectivity index (χ0) is 17.3. The predicted octanol–water partition coefficient (Wildman–Crippen LogP) is 1.87. The van der Waals surface area contributed by atoms with E-state index >= 15 is 0 Å². The third kappa shape index (κ3) is 3.12. The van der Waals surface area contributed by atoms with Gasteiger partial charge >= 0.3 is 0 Å². The summed E-state index contributed by atoms with van der Waals surface area (Å²) in [5.41, 5.74) is 1.21. The van der Waals surface area contributed by atoms with Crippen LogP contribution in [0.1, 0.15) is 28.9 Å². The van der Waals surface area contributed by atoms with Gasteiger partial charge in [-0.25, -0.2) is 9.07 Å². The van der Waals surface area contributed by atoms with Crippen LogP contribution in [0.5, 0.6) is 5.75 Å². The van der Waals surface area contributed by atoms with Crippen LogP contribution in [0.15, 0.2) is 24.4 Å². The van der Waals surface area contributed by atoms with Gasteiger partial charge in [0.2, 0.25) is 0 Å². The third-order valence-corrected chi connectivity index (χ3v) is 4.37. The van der Waals surface area contributed by atoms with E-state index in [2.05, 4.69) is 5.10 Å². The molecule has 2 N–H and O–H groups in total. The summed E-state index contributed by atoms with van der Waals surface area (Å²) in [6.45, 7) is 2.81. The highest BCUT2D eigenvalue weighted by molar-refractivity contribution is 5.95. The molecule has 1 aliphatic heterocycles. The number of aryl methyl sites for hydroxylation is 1. The highest BCUT2D eigenvalue weighted by Crippen LogP contribution is 2.24. The zero-order valence-corrected chi connectivity index (χ0v) is 13.4. The fraction of sp³-hybridized carbons (Fsp3) is 0.412. The van der Waals surface area contributed by atoms with Crippen molar-refractivity contribution in [3.8, 4) is 11.4 Å². The molecule has 1 atom stereocenters. The first-order valence-electron chi connectivity index (χ1n) is 7.95. The first-order chi connectivity index (χ1) is 11.5. The van der Waals surface area contributed by atoms with Crippen LogP contribution in [0.4, 0.5) is 4.39 Å². The Balaban J connectivity index is 1.87. The molecule has 1 saturated heterocycles. The third-order valence-electron chi connectivity index (χ3n) is 4.37. The van der Waals surface area contributed by atoms with Gasteiger partial charge in [0.05, 0.1) is 11.9 Å². The maximum absolute atomic E-state index is 13.2. The van der Waals surface area contributed by atoms with Crippen molar-refractivity contribution in [3.63, 3.8) is 0 Å². The number of likely N-dealkylation sites (tertiary alicyclic amines) is 1. The normalized spacial score (nSPS) is 18.0. The number of aliphatic hydroxyl groups excluding tert-OH is 1. The number of amides is 1. The van der Waals surface area contributed by atoms with Crippen LogP contribution in [-0.4, -0.2) is 50.5 Å². The van der Waals surface area contributed by atoms with Crippen LogP contribution in [0.3, 0.4) is 0 Å². The minimum atomic E-state index is -0.357. The monoisotopic (exact) mass is 333 g/mol. The molecule has 1 unspecified atom stereocenters. The van der Waals surface area contributed by atoms with Crippen molar-refractivity contribution < 1.29 is 19.4 Å². The molecule has 0 spiro atoms. The average Bonchev–Trinajstić information content (AvgIpc) is 2.95. The van der Waals surface area contributed by atoms with Crippen molar-refractivity contribution in [1.29, 1.82) is 0 Å². The summed E-state index contributed by atoms with van der Waals surface area (Å²) < 4.78 is 14.6. The maximum atomic E-state index is 13.2. The van der Waals surface area contributed by atoms with Crippen molar-refractivity contribution in [2.75, 3.05) is 19.7 Å². The summed E-state index contributed by atoms with van der Waals surface area (Å²) in [7, 11) is 0. The van der Waals surface area contributed by atoms with E-state index in [0.717, 1.165) is 12.8 Å². The van der Waals surface area contributed by atoms with Crippen LogP contribution < -0.4 is 0 Å². The molecule has 2 aromatic rings. The molecule has 1 aromatic carbocycles. The van der Waals surface area contributed by atoms with Crippen molar-refractivity contribution in [1.82, 2.24) is 14.7 Å². The maximum Gasteiger partial charge on any atom is 0.278 e. The van der Waals surface area contributed by atoms with Crippen molar-refractivity contribution in [2.24, 2.45) is 5.92 Å². The van der Waals surface area contributed by atoms with Gasteiger partial charge in [-0.05, 0) is 49.4 Å². The predicted molar refractivity (Wildman–Crippen MR) is 85.6 cm³/mol. The molecule has 1 aromatic heterocycles. The van der Waals surface area contributed by atoms with Crippen LogP contribution in [0.25, 0.3) is 5.69 Å². The molecule has 1 amide bonds. The van der Waals surface area contributed by atoms with Gasteiger partial charge in [0, 0.05) is 19.7 Å². The van der Waals surface area contributed by atoms with Crippen LogP contribution in [0, 0.1) is 18.7 Å². The molecule has 128 valence electrons. The highest BCUT2D eigenvalue weighted by Gasteiger charge is 2.28. The number of aromatic hydroxyl groups is 1. The second kappa shape index (κ2) is 6.60. The van der Waals surface area contributed by atoms with Gasteiger partial charge in [0.15, 0.2) is 11.4 Å². The van der Waals surface area contributed by atoms with E-state index in [4.69, 9.17) is 0 Å². The Kier molecular flexibility index (Phi) is 4.53. The standard InChI is InChI=1S/C17H20FN3O3/c1-11-7-13(18)4-5-14(11)21-9-15(23)16(19-21)17(24)20-6-2-3-12(8-20)10-22/h4-5,7,9,12,22-23H,2-3,6,8,10H2,1H3. The SMILES string of the molecule is Cc1cc(F)ccc1-n1cc(O)c(C(=O)N2CCCC(CO)C2)n1. The number of carbonyl (C=O) groups is 1. The topological polar surface area (TPSA) is 78.6 Å². The van der Waals surface area contributed by atoms with E-state index in [1.165, 1.54) is 23.0 Å². The average molecular weight is 333 g/mol. The van der Waals surface area contributed by atoms with Gasteiger partial charge < -0.3 is 15.1 Å². The van der Waals surface area contributed by atoms with Crippen molar-refractivity contribution in [2.45, 2.75) is 19.8 Å². The van der Waals surface area contributed by atoms with Crippen molar-refractivity contribution in [3.05, 3.63) is 41.5 Å². The lowest BCUT2D eigenvalue weighted by molar-refractivity contribution is 0.0611. The lowest BCUT2D eigenvalue weighted by Crippen LogP contribution is -2.41. The van der Waals surface area contributed by atoms with Gasteiger partial charge in [-0.1, -0.05) is 0 Å². The second-order valence-electron chi connectivity index (χ2n) is 6.18. The second-order valence-corrected chi connectivity index (χ2v) is 6.18. The number of aromatic nitrogens is 2. The summed E-state index contributed by atoms with van der Waals surface area (Å²) in [5, 5.41) is 23.6. The van der Waals surface area contributed by atoms with E-state index in [1.807, 2.05) is 0 Å². The highest BCUT2D eigenvalue weighted by atomic mass is 19.1. The van der Waals surface area contributed by atoms with Gasteiger partial charge in [-0.3, -0.25) is 4.79 Å². The first kappa shape index (κ1) is 16.4. The van der Waals surface area contributed by atoms with Crippen LogP contribution >= 0.6 is 0 Å². The Morgan fingerprint density at radius 3 is 2.96 bits per heavy atom.